The average molecular weight is 331 g/mol. The molecule has 2 aliphatic rings. The Bertz CT molecular complexity index is 687. The van der Waals surface area contributed by atoms with Crippen LogP contribution in [0.4, 0.5) is 5.69 Å². The molecule has 1 fully saturated rings. The average Bonchev–Trinajstić information content (AvgIpc) is 2.69. The van der Waals surface area contributed by atoms with Crippen LogP contribution in [0.3, 0.4) is 0 Å². The Kier molecular flexibility index (Phi) is 3.92. The SMILES string of the molecule is COCC1CN(c2ccc3c(c2)S(=O)(=O)N=C3Cl)CCO1. The highest BCUT2D eigenvalue weighted by Crippen LogP contribution is 2.32. The van der Waals surface area contributed by atoms with Crippen molar-refractivity contribution in [1.82, 2.24) is 0 Å². The smallest absolute Gasteiger partial charge is 0.284 e. The second-order valence-corrected chi connectivity index (χ2v) is 6.86. The first-order chi connectivity index (χ1) is 10.0. The van der Waals surface area contributed by atoms with Crippen LogP contribution in [-0.4, -0.2) is 53.1 Å². The molecular weight excluding hydrogens is 316 g/mol. The number of fused-ring (bicyclic) bond motifs is 1. The molecule has 0 saturated carbocycles. The third kappa shape index (κ3) is 2.78. The van der Waals surface area contributed by atoms with Crippen molar-refractivity contribution in [3.8, 4) is 0 Å². The lowest BCUT2D eigenvalue weighted by molar-refractivity contribution is -0.0100. The van der Waals surface area contributed by atoms with Crippen molar-refractivity contribution >= 4 is 32.5 Å². The van der Waals surface area contributed by atoms with Crippen LogP contribution in [0.1, 0.15) is 5.56 Å². The van der Waals surface area contributed by atoms with Crippen molar-refractivity contribution in [3.63, 3.8) is 0 Å². The van der Waals surface area contributed by atoms with Crippen molar-refractivity contribution in [3.05, 3.63) is 23.8 Å². The van der Waals surface area contributed by atoms with E-state index >= 15 is 0 Å². The zero-order chi connectivity index (χ0) is 15.0. The Balaban J connectivity index is 1.89. The quantitative estimate of drug-likeness (QED) is 0.833. The molecule has 21 heavy (non-hydrogen) atoms. The van der Waals surface area contributed by atoms with Gasteiger partial charge in [0.15, 0.2) is 5.17 Å². The highest BCUT2D eigenvalue weighted by molar-refractivity contribution is 7.91. The van der Waals surface area contributed by atoms with Gasteiger partial charge in [0.2, 0.25) is 0 Å². The maximum atomic E-state index is 11.9. The Labute approximate surface area is 128 Å². The maximum Gasteiger partial charge on any atom is 0.284 e. The summed E-state index contributed by atoms with van der Waals surface area (Å²) < 4.78 is 38.1. The van der Waals surface area contributed by atoms with Gasteiger partial charge in [0.25, 0.3) is 10.0 Å². The minimum Gasteiger partial charge on any atom is -0.382 e. The topological polar surface area (TPSA) is 68.2 Å². The van der Waals surface area contributed by atoms with E-state index in [1.807, 2.05) is 6.07 Å². The lowest BCUT2D eigenvalue weighted by Gasteiger charge is -2.34. The fraction of sp³-hybridized carbons (Fsp3) is 0.462. The highest BCUT2D eigenvalue weighted by Gasteiger charge is 2.29. The number of benzene rings is 1. The first-order valence-electron chi connectivity index (χ1n) is 6.51. The summed E-state index contributed by atoms with van der Waals surface area (Å²) in [4.78, 5) is 2.25. The van der Waals surface area contributed by atoms with Gasteiger partial charge in [-0.05, 0) is 18.2 Å². The van der Waals surface area contributed by atoms with Crippen LogP contribution < -0.4 is 4.90 Å². The number of methoxy groups -OCH3 is 1. The molecule has 3 rings (SSSR count). The van der Waals surface area contributed by atoms with Crippen LogP contribution in [0.25, 0.3) is 0 Å². The summed E-state index contributed by atoms with van der Waals surface area (Å²) in [5, 5.41) is 0.0239. The van der Waals surface area contributed by atoms with Crippen LogP contribution >= 0.6 is 11.6 Å². The molecule has 0 N–H and O–H groups in total. The number of nitrogens with zero attached hydrogens (tertiary/aromatic N) is 2. The number of hydrogen-bond donors (Lipinski definition) is 0. The van der Waals surface area contributed by atoms with Gasteiger partial charge in [0.1, 0.15) is 4.90 Å². The summed E-state index contributed by atoms with van der Waals surface area (Å²) in [5.41, 5.74) is 1.28. The molecule has 114 valence electrons. The van der Waals surface area contributed by atoms with E-state index in [-0.39, 0.29) is 16.2 Å². The minimum absolute atomic E-state index is 0.0200. The molecule has 0 aromatic heterocycles. The first kappa shape index (κ1) is 14.8. The van der Waals surface area contributed by atoms with E-state index in [9.17, 15) is 8.42 Å². The van der Waals surface area contributed by atoms with Crippen LogP contribution in [0.2, 0.25) is 0 Å². The van der Waals surface area contributed by atoms with E-state index in [0.717, 1.165) is 5.69 Å². The van der Waals surface area contributed by atoms with E-state index in [1.54, 1.807) is 19.2 Å². The Morgan fingerprint density at radius 3 is 3.10 bits per heavy atom. The predicted molar refractivity (Wildman–Crippen MR) is 79.8 cm³/mol. The van der Waals surface area contributed by atoms with E-state index in [4.69, 9.17) is 21.1 Å². The van der Waals surface area contributed by atoms with Gasteiger partial charge in [-0.15, -0.1) is 4.40 Å². The van der Waals surface area contributed by atoms with Gasteiger partial charge in [-0.25, -0.2) is 0 Å². The summed E-state index contributed by atoms with van der Waals surface area (Å²) in [5.74, 6) is 0. The molecular formula is C13H15ClN2O4S. The standard InChI is InChI=1S/C13H15ClN2O4S/c1-19-8-10-7-16(4-5-20-10)9-2-3-11-12(6-9)21(17,18)15-13(11)14/h2-3,6,10H,4-5,7-8H2,1H3. The van der Waals surface area contributed by atoms with Crippen molar-refractivity contribution in [2.75, 3.05) is 38.3 Å². The summed E-state index contributed by atoms with van der Waals surface area (Å²) in [6.45, 7) is 2.44. The lowest BCUT2D eigenvalue weighted by atomic mass is 10.2. The zero-order valence-corrected chi connectivity index (χ0v) is 13.0. The molecule has 0 radical (unpaired) electrons. The molecule has 1 aromatic carbocycles. The van der Waals surface area contributed by atoms with Crippen LogP contribution in [0.15, 0.2) is 27.5 Å². The second kappa shape index (κ2) is 5.57. The number of rotatable bonds is 3. The van der Waals surface area contributed by atoms with Gasteiger partial charge >= 0.3 is 0 Å². The minimum atomic E-state index is -3.67. The zero-order valence-electron chi connectivity index (χ0n) is 11.5. The molecule has 1 atom stereocenters. The number of anilines is 1. The Morgan fingerprint density at radius 2 is 2.33 bits per heavy atom. The molecule has 8 heteroatoms. The lowest BCUT2D eigenvalue weighted by Crippen LogP contribution is -2.44. The predicted octanol–water partition coefficient (Wildman–Crippen LogP) is 1.23. The normalized spacial score (nSPS) is 23.8. The van der Waals surface area contributed by atoms with Gasteiger partial charge < -0.3 is 14.4 Å². The third-order valence-corrected chi connectivity index (χ3v) is 5.23. The largest absolute Gasteiger partial charge is 0.382 e. The summed E-state index contributed by atoms with van der Waals surface area (Å²) in [6.07, 6.45) is -0.0200. The highest BCUT2D eigenvalue weighted by atomic mass is 35.5. The first-order valence-corrected chi connectivity index (χ1v) is 8.33. The molecule has 2 aliphatic heterocycles. The van der Waals surface area contributed by atoms with Gasteiger partial charge in [-0.2, -0.15) is 8.42 Å². The number of sulfonamides is 1. The van der Waals surface area contributed by atoms with Crippen LogP contribution in [0.5, 0.6) is 0 Å². The number of halogens is 1. The van der Waals surface area contributed by atoms with Crippen molar-refractivity contribution in [1.29, 1.82) is 0 Å². The second-order valence-electron chi connectivity index (χ2n) is 4.93. The van der Waals surface area contributed by atoms with Gasteiger partial charge in [0.05, 0.1) is 19.3 Å². The molecule has 2 heterocycles. The van der Waals surface area contributed by atoms with Crippen molar-refractivity contribution < 1.29 is 17.9 Å². The molecule has 0 spiro atoms. The van der Waals surface area contributed by atoms with Crippen LogP contribution in [0, 0.1) is 0 Å². The fourth-order valence-electron chi connectivity index (χ4n) is 2.54. The Hall–Kier alpha value is -1.15. The summed E-state index contributed by atoms with van der Waals surface area (Å²) >= 11 is 5.85. The van der Waals surface area contributed by atoms with Gasteiger partial charge in [0, 0.05) is 31.5 Å². The molecule has 0 aliphatic carbocycles. The number of hydrogen-bond acceptors (Lipinski definition) is 5. The summed E-state index contributed by atoms with van der Waals surface area (Å²) in [6, 6.07) is 5.17. The molecule has 1 unspecified atom stereocenters. The monoisotopic (exact) mass is 330 g/mol. The molecule has 0 bridgehead atoms. The van der Waals surface area contributed by atoms with E-state index in [2.05, 4.69) is 9.30 Å². The van der Waals surface area contributed by atoms with E-state index in [1.165, 1.54) is 0 Å². The molecule has 6 nitrogen and oxygen atoms in total. The molecule has 1 aromatic rings. The fourth-order valence-corrected chi connectivity index (χ4v) is 4.15. The number of morpholine rings is 1. The molecule has 0 amide bonds. The number of ether oxygens (including phenoxy) is 2. The van der Waals surface area contributed by atoms with Crippen molar-refractivity contribution in [2.24, 2.45) is 4.40 Å². The van der Waals surface area contributed by atoms with Crippen molar-refractivity contribution in [2.45, 2.75) is 11.0 Å². The Morgan fingerprint density at radius 1 is 1.52 bits per heavy atom. The van der Waals surface area contributed by atoms with E-state index in [0.29, 0.717) is 31.9 Å². The van der Waals surface area contributed by atoms with E-state index < -0.39 is 10.0 Å². The summed E-state index contributed by atoms with van der Waals surface area (Å²) in [7, 11) is -2.04. The van der Waals surface area contributed by atoms with Gasteiger partial charge in [-0.3, -0.25) is 0 Å². The molecule has 1 saturated heterocycles. The third-order valence-electron chi connectivity index (χ3n) is 3.52. The maximum absolute atomic E-state index is 11.9. The van der Waals surface area contributed by atoms with Gasteiger partial charge in [-0.1, -0.05) is 11.6 Å². The van der Waals surface area contributed by atoms with Crippen LogP contribution in [-0.2, 0) is 19.5 Å².